The summed E-state index contributed by atoms with van der Waals surface area (Å²) in [7, 11) is 0. The molecule has 2 unspecified atom stereocenters. The number of unbranched alkanes of at least 4 members (excludes halogenated alkanes) is 13. The highest BCUT2D eigenvalue weighted by Gasteiger charge is 2.42. The Bertz CT molecular complexity index is 661. The van der Waals surface area contributed by atoms with Gasteiger partial charge < -0.3 is 24.1 Å². The van der Waals surface area contributed by atoms with Crippen LogP contribution in [0.3, 0.4) is 0 Å². The average Bonchev–Trinajstić information content (AvgIpc) is 2.92. The molecule has 1 N–H and O–H groups in total. The number of ether oxygens (including phenoxy) is 4. The maximum Gasteiger partial charge on any atom is 0.302 e. The van der Waals surface area contributed by atoms with Gasteiger partial charge in [-0.05, 0) is 23.8 Å². The van der Waals surface area contributed by atoms with Crippen LogP contribution in [0.15, 0.2) is 5.11 Å². The number of carbonyl (C=O) groups is 1. The molecule has 0 bridgehead atoms. The van der Waals surface area contributed by atoms with E-state index in [0.717, 1.165) is 6.42 Å². The molecule has 1 fully saturated rings. The number of hydrogen-bond donors (Lipinski definition) is 1. The van der Waals surface area contributed by atoms with E-state index < -0.39 is 12.3 Å². The Morgan fingerprint density at radius 3 is 2.00 bits per heavy atom. The van der Waals surface area contributed by atoms with Gasteiger partial charge in [-0.3, -0.25) is 4.79 Å². The molecule has 1 rings (SSSR count). The topological polar surface area (TPSA) is 123 Å². The minimum atomic E-state index is -0.771. The Hall–Kier alpha value is -1.38. The van der Waals surface area contributed by atoms with E-state index in [-0.39, 0.29) is 49.6 Å². The summed E-state index contributed by atoms with van der Waals surface area (Å²) < 4.78 is 23.0. The normalized spacial score (nSPS) is 23.8. The van der Waals surface area contributed by atoms with Crippen molar-refractivity contribution in [3.8, 4) is 0 Å². The number of esters is 1. The van der Waals surface area contributed by atoms with Crippen LogP contribution in [-0.4, -0.2) is 62.5 Å². The van der Waals surface area contributed by atoms with E-state index in [4.69, 9.17) is 24.5 Å². The first-order chi connectivity index (χ1) is 18.9. The van der Waals surface area contributed by atoms with E-state index in [2.05, 4.69) is 16.9 Å². The minimum Gasteiger partial charge on any atom is -0.463 e. The summed E-state index contributed by atoms with van der Waals surface area (Å²) in [5, 5.41) is 13.7. The second kappa shape index (κ2) is 23.3. The van der Waals surface area contributed by atoms with Gasteiger partial charge in [-0.15, -0.1) is 0 Å². The van der Waals surface area contributed by atoms with Crippen molar-refractivity contribution in [2.24, 2.45) is 22.9 Å². The summed E-state index contributed by atoms with van der Waals surface area (Å²) in [5.41, 5.74) is 9.03. The quantitative estimate of drug-likeness (QED) is 0.0437. The van der Waals surface area contributed by atoms with Crippen LogP contribution in [-0.2, 0) is 23.7 Å². The van der Waals surface area contributed by atoms with Crippen LogP contribution >= 0.6 is 0 Å². The van der Waals surface area contributed by atoms with E-state index in [1.54, 1.807) is 0 Å². The van der Waals surface area contributed by atoms with Crippen molar-refractivity contribution < 1.29 is 28.8 Å². The molecule has 0 aliphatic carbocycles. The predicted molar refractivity (Wildman–Crippen MR) is 154 cm³/mol. The zero-order chi connectivity index (χ0) is 28.7. The second-order valence-corrected chi connectivity index (χ2v) is 11.3. The standard InChI is InChI=1S/C30H57N3O6/c1-5-6-7-8-9-10-11-12-13-14-15-16-17-18-19-36-21-27(20-34)22-38-30-29(32-33-31)25(3)24(2)28(39-30)23-37-26(4)35/h24-25,27-30,34H,5-23H2,1-4H3/t24-,25-,27+,28?,29?,30-/m0/s1. The van der Waals surface area contributed by atoms with Gasteiger partial charge in [0.15, 0.2) is 6.29 Å². The van der Waals surface area contributed by atoms with Crippen LogP contribution in [0.25, 0.3) is 10.4 Å². The Morgan fingerprint density at radius 1 is 0.923 bits per heavy atom. The highest BCUT2D eigenvalue weighted by Crippen LogP contribution is 2.34. The van der Waals surface area contributed by atoms with Gasteiger partial charge in [0.1, 0.15) is 6.61 Å². The maximum absolute atomic E-state index is 11.2. The minimum absolute atomic E-state index is 0.0155. The molecule has 0 radical (unpaired) electrons. The molecule has 0 aromatic carbocycles. The summed E-state index contributed by atoms with van der Waals surface area (Å²) in [5.74, 6) is -0.580. The zero-order valence-electron chi connectivity index (χ0n) is 25.2. The average molecular weight is 556 g/mol. The van der Waals surface area contributed by atoms with Crippen molar-refractivity contribution >= 4 is 5.97 Å². The molecular weight excluding hydrogens is 498 g/mol. The van der Waals surface area contributed by atoms with Crippen molar-refractivity contribution in [1.82, 2.24) is 0 Å². The third kappa shape index (κ3) is 16.5. The largest absolute Gasteiger partial charge is 0.463 e. The molecule has 0 amide bonds. The number of azide groups is 1. The molecule has 9 heteroatoms. The van der Waals surface area contributed by atoms with Crippen LogP contribution in [0.2, 0.25) is 0 Å². The van der Waals surface area contributed by atoms with Crippen molar-refractivity contribution in [3.05, 3.63) is 10.4 Å². The molecule has 1 saturated heterocycles. The molecule has 1 aliphatic rings. The lowest BCUT2D eigenvalue weighted by Gasteiger charge is -2.42. The van der Waals surface area contributed by atoms with E-state index in [9.17, 15) is 9.90 Å². The molecule has 1 aliphatic heterocycles. The smallest absolute Gasteiger partial charge is 0.302 e. The molecule has 39 heavy (non-hydrogen) atoms. The summed E-state index contributed by atoms with van der Waals surface area (Å²) in [6.45, 7) is 8.94. The van der Waals surface area contributed by atoms with Crippen LogP contribution in [0, 0.1) is 17.8 Å². The molecule has 6 atom stereocenters. The summed E-state index contributed by atoms with van der Waals surface area (Å²) >= 11 is 0. The number of hydrogen-bond acceptors (Lipinski definition) is 7. The Labute approximate surface area is 237 Å². The lowest BCUT2D eigenvalue weighted by atomic mass is 9.82. The monoisotopic (exact) mass is 555 g/mol. The molecule has 9 nitrogen and oxygen atoms in total. The number of aliphatic hydroxyl groups excluding tert-OH is 1. The maximum atomic E-state index is 11.2. The van der Waals surface area contributed by atoms with Gasteiger partial charge in [0.25, 0.3) is 0 Å². The Kier molecular flexibility index (Phi) is 21.3. The van der Waals surface area contributed by atoms with Gasteiger partial charge in [-0.25, -0.2) is 0 Å². The van der Waals surface area contributed by atoms with Crippen LogP contribution in [0.1, 0.15) is 118 Å². The van der Waals surface area contributed by atoms with Gasteiger partial charge >= 0.3 is 5.97 Å². The van der Waals surface area contributed by atoms with E-state index >= 15 is 0 Å². The van der Waals surface area contributed by atoms with Crippen LogP contribution in [0.5, 0.6) is 0 Å². The molecule has 0 spiro atoms. The molecular formula is C30H57N3O6. The van der Waals surface area contributed by atoms with Crippen molar-refractivity contribution in [2.75, 3.05) is 33.0 Å². The molecule has 0 aromatic rings. The van der Waals surface area contributed by atoms with Crippen LogP contribution < -0.4 is 0 Å². The van der Waals surface area contributed by atoms with Crippen molar-refractivity contribution in [2.45, 2.75) is 136 Å². The predicted octanol–water partition coefficient (Wildman–Crippen LogP) is 7.35. The molecule has 228 valence electrons. The fourth-order valence-electron chi connectivity index (χ4n) is 5.05. The Balaban J connectivity index is 2.17. The molecule has 0 aromatic heterocycles. The van der Waals surface area contributed by atoms with E-state index in [0.29, 0.717) is 13.2 Å². The third-order valence-corrected chi connectivity index (χ3v) is 7.93. The SMILES string of the molecule is CCCCCCCCCCCCCCCCOC[C@@H](CO)CO[C@H]1OC(COC(C)=O)[C@@H](C)[C@H](C)C1N=[N+]=[N-]. The van der Waals surface area contributed by atoms with Crippen molar-refractivity contribution in [1.29, 1.82) is 0 Å². The zero-order valence-corrected chi connectivity index (χ0v) is 25.2. The van der Waals surface area contributed by atoms with Gasteiger partial charge in [0, 0.05) is 24.4 Å². The van der Waals surface area contributed by atoms with E-state index in [1.807, 2.05) is 13.8 Å². The highest BCUT2D eigenvalue weighted by atomic mass is 16.7. The molecule has 0 saturated carbocycles. The lowest BCUT2D eigenvalue weighted by molar-refractivity contribution is -0.244. The lowest BCUT2D eigenvalue weighted by Crippen LogP contribution is -2.51. The summed E-state index contributed by atoms with van der Waals surface area (Å²) in [6, 6.07) is -0.505. The number of nitrogens with zero attached hydrogens (tertiary/aromatic N) is 3. The van der Waals surface area contributed by atoms with Crippen molar-refractivity contribution in [3.63, 3.8) is 0 Å². The first-order valence-corrected chi connectivity index (χ1v) is 15.6. The van der Waals surface area contributed by atoms with Gasteiger partial charge in [0.05, 0.1) is 32.0 Å². The molecule has 1 heterocycles. The fourth-order valence-corrected chi connectivity index (χ4v) is 5.05. The first kappa shape index (κ1) is 35.6. The summed E-state index contributed by atoms with van der Waals surface area (Å²) in [4.78, 5) is 14.2. The fraction of sp³-hybridized carbons (Fsp3) is 0.967. The number of rotatable bonds is 24. The number of aliphatic hydroxyl groups is 1. The number of carbonyl (C=O) groups excluding carboxylic acids is 1. The van der Waals surface area contributed by atoms with Gasteiger partial charge in [0.2, 0.25) is 0 Å². The van der Waals surface area contributed by atoms with Crippen LogP contribution in [0.4, 0.5) is 0 Å². The third-order valence-electron chi connectivity index (χ3n) is 7.93. The van der Waals surface area contributed by atoms with Gasteiger partial charge in [-0.2, -0.15) is 0 Å². The summed E-state index contributed by atoms with van der Waals surface area (Å²) in [6.07, 6.45) is 17.4. The first-order valence-electron chi connectivity index (χ1n) is 15.6. The van der Waals surface area contributed by atoms with E-state index in [1.165, 1.54) is 90.4 Å². The Morgan fingerprint density at radius 2 is 1.49 bits per heavy atom. The second-order valence-electron chi connectivity index (χ2n) is 11.3. The highest BCUT2D eigenvalue weighted by molar-refractivity contribution is 5.65. The van der Waals surface area contributed by atoms with Gasteiger partial charge in [-0.1, -0.05) is 109 Å².